The zero-order valence-electron chi connectivity index (χ0n) is 19.1. The fraction of sp³-hybridized carbons (Fsp3) is 0.360. The molecule has 0 saturated heterocycles. The number of nitrogens with one attached hydrogen (secondary N) is 1. The summed E-state index contributed by atoms with van der Waals surface area (Å²) in [5.74, 6) is 1.36. The minimum Gasteiger partial charge on any atom is -0.490 e. The van der Waals surface area contributed by atoms with E-state index >= 15 is 0 Å². The van der Waals surface area contributed by atoms with Crippen LogP contribution in [-0.4, -0.2) is 44.4 Å². The van der Waals surface area contributed by atoms with Crippen LogP contribution >= 0.6 is 0 Å². The van der Waals surface area contributed by atoms with Gasteiger partial charge >= 0.3 is 5.97 Å². The van der Waals surface area contributed by atoms with Crippen LogP contribution in [0.4, 0.5) is 5.69 Å². The summed E-state index contributed by atoms with van der Waals surface area (Å²) in [6.07, 6.45) is 2.77. The highest BCUT2D eigenvalue weighted by Crippen LogP contribution is 2.32. The van der Waals surface area contributed by atoms with Crippen molar-refractivity contribution in [3.05, 3.63) is 48.0 Å². The van der Waals surface area contributed by atoms with E-state index in [0.29, 0.717) is 55.1 Å². The molecule has 0 spiro atoms. The van der Waals surface area contributed by atoms with Gasteiger partial charge < -0.3 is 29.0 Å². The highest BCUT2D eigenvalue weighted by Gasteiger charge is 2.18. The van der Waals surface area contributed by atoms with Gasteiger partial charge in [-0.25, -0.2) is 4.79 Å². The smallest absolute Gasteiger partial charge is 0.331 e. The maximum atomic E-state index is 12.4. The molecule has 1 atom stereocenters. The molecule has 3 rings (SSSR count). The first-order chi connectivity index (χ1) is 16.0. The van der Waals surface area contributed by atoms with E-state index in [4.69, 9.17) is 23.7 Å². The molecule has 33 heavy (non-hydrogen) atoms. The average Bonchev–Trinajstić information content (AvgIpc) is 2.82. The van der Waals surface area contributed by atoms with Crippen molar-refractivity contribution in [1.82, 2.24) is 0 Å². The number of anilines is 1. The van der Waals surface area contributed by atoms with Crippen molar-refractivity contribution in [2.24, 2.45) is 0 Å². The SMILES string of the molecule is CCCOc1ccc(/C=C/C(=O)OC(C)C(=O)Nc2ccc3c(c2)OCCO3)cc1OCC. The van der Waals surface area contributed by atoms with Crippen molar-refractivity contribution in [1.29, 1.82) is 0 Å². The van der Waals surface area contributed by atoms with Gasteiger partial charge in [-0.05, 0) is 56.2 Å². The second kappa shape index (κ2) is 11.8. The summed E-state index contributed by atoms with van der Waals surface area (Å²) in [6, 6.07) is 10.5. The standard InChI is InChI=1S/C25H29NO7/c1-4-12-30-20-9-6-18(15-22(20)29-5-2)7-11-24(27)33-17(3)25(28)26-19-8-10-21-23(16-19)32-14-13-31-21/h6-11,15-17H,4-5,12-14H2,1-3H3,(H,26,28)/b11-7+. The summed E-state index contributed by atoms with van der Waals surface area (Å²) in [7, 11) is 0. The van der Waals surface area contributed by atoms with Crippen LogP contribution in [0.2, 0.25) is 0 Å². The van der Waals surface area contributed by atoms with Crippen molar-refractivity contribution >= 4 is 23.6 Å². The summed E-state index contributed by atoms with van der Waals surface area (Å²) in [5, 5.41) is 2.71. The van der Waals surface area contributed by atoms with Crippen LogP contribution in [0.3, 0.4) is 0 Å². The monoisotopic (exact) mass is 455 g/mol. The number of ether oxygens (including phenoxy) is 5. The molecule has 1 aliphatic rings. The van der Waals surface area contributed by atoms with Crippen LogP contribution in [0.15, 0.2) is 42.5 Å². The third-order valence-electron chi connectivity index (χ3n) is 4.61. The molecule has 1 N–H and O–H groups in total. The summed E-state index contributed by atoms with van der Waals surface area (Å²) < 4.78 is 27.5. The van der Waals surface area contributed by atoms with Crippen LogP contribution in [0, 0.1) is 0 Å². The Morgan fingerprint density at radius 1 is 1.03 bits per heavy atom. The Kier molecular flexibility index (Phi) is 8.57. The third-order valence-corrected chi connectivity index (χ3v) is 4.61. The van der Waals surface area contributed by atoms with E-state index in [1.54, 1.807) is 36.4 Å². The molecule has 0 bridgehead atoms. The summed E-state index contributed by atoms with van der Waals surface area (Å²) >= 11 is 0. The van der Waals surface area contributed by atoms with E-state index in [1.807, 2.05) is 19.9 Å². The molecule has 0 aromatic heterocycles. The van der Waals surface area contributed by atoms with Gasteiger partial charge in [0.2, 0.25) is 0 Å². The quantitative estimate of drug-likeness (QED) is 0.423. The van der Waals surface area contributed by atoms with E-state index in [2.05, 4.69) is 5.32 Å². The second-order valence-corrected chi connectivity index (χ2v) is 7.25. The van der Waals surface area contributed by atoms with Crippen LogP contribution in [0.25, 0.3) is 6.08 Å². The maximum Gasteiger partial charge on any atom is 0.331 e. The number of rotatable bonds is 10. The molecule has 0 saturated carbocycles. The maximum absolute atomic E-state index is 12.4. The molecular weight excluding hydrogens is 426 g/mol. The van der Waals surface area contributed by atoms with Crippen LogP contribution in [0.1, 0.15) is 32.8 Å². The lowest BCUT2D eigenvalue weighted by Crippen LogP contribution is -2.29. The molecule has 2 aromatic carbocycles. The summed E-state index contributed by atoms with van der Waals surface area (Å²) in [6.45, 7) is 7.45. The Bertz CT molecular complexity index is 1000. The lowest BCUT2D eigenvalue weighted by atomic mass is 10.2. The number of esters is 1. The Morgan fingerprint density at radius 2 is 1.82 bits per heavy atom. The summed E-state index contributed by atoms with van der Waals surface area (Å²) in [4.78, 5) is 24.6. The molecule has 2 aromatic rings. The van der Waals surface area contributed by atoms with Crippen LogP contribution in [0.5, 0.6) is 23.0 Å². The van der Waals surface area contributed by atoms with Gasteiger partial charge in [0.1, 0.15) is 13.2 Å². The topological polar surface area (TPSA) is 92.3 Å². The largest absolute Gasteiger partial charge is 0.490 e. The molecule has 0 fully saturated rings. The number of hydrogen-bond donors (Lipinski definition) is 1. The molecule has 1 aliphatic heterocycles. The Hall–Kier alpha value is -3.68. The van der Waals surface area contributed by atoms with E-state index < -0.39 is 18.0 Å². The summed E-state index contributed by atoms with van der Waals surface area (Å²) in [5.41, 5.74) is 1.27. The normalized spacial score (nSPS) is 13.3. The second-order valence-electron chi connectivity index (χ2n) is 7.25. The number of amides is 1. The third kappa shape index (κ3) is 6.90. The lowest BCUT2D eigenvalue weighted by Gasteiger charge is -2.19. The first-order valence-electron chi connectivity index (χ1n) is 11.0. The highest BCUT2D eigenvalue weighted by molar-refractivity contribution is 5.96. The molecule has 8 nitrogen and oxygen atoms in total. The molecule has 8 heteroatoms. The average molecular weight is 456 g/mol. The molecule has 176 valence electrons. The fourth-order valence-electron chi connectivity index (χ4n) is 3.02. The molecule has 0 radical (unpaired) electrons. The van der Waals surface area contributed by atoms with E-state index in [9.17, 15) is 9.59 Å². The Balaban J connectivity index is 1.56. The van der Waals surface area contributed by atoms with Gasteiger partial charge in [-0.1, -0.05) is 13.0 Å². The zero-order valence-corrected chi connectivity index (χ0v) is 19.1. The molecule has 1 amide bonds. The van der Waals surface area contributed by atoms with Crippen molar-refractivity contribution in [3.8, 4) is 23.0 Å². The van der Waals surface area contributed by atoms with Crippen molar-refractivity contribution in [3.63, 3.8) is 0 Å². The molecule has 0 aliphatic carbocycles. The number of carbonyl (C=O) groups is 2. The number of carbonyl (C=O) groups excluding carboxylic acids is 2. The number of fused-ring (bicyclic) bond motifs is 1. The predicted molar refractivity (Wildman–Crippen MR) is 124 cm³/mol. The lowest BCUT2D eigenvalue weighted by molar-refractivity contribution is -0.148. The van der Waals surface area contributed by atoms with E-state index in [-0.39, 0.29) is 0 Å². The zero-order chi connectivity index (χ0) is 23.6. The van der Waals surface area contributed by atoms with E-state index in [0.717, 1.165) is 12.0 Å². The van der Waals surface area contributed by atoms with Gasteiger partial charge in [0, 0.05) is 17.8 Å². The van der Waals surface area contributed by atoms with Gasteiger partial charge in [-0.2, -0.15) is 0 Å². The van der Waals surface area contributed by atoms with Crippen LogP contribution < -0.4 is 24.3 Å². The predicted octanol–water partition coefficient (Wildman–Crippen LogP) is 4.23. The van der Waals surface area contributed by atoms with Gasteiger partial charge in [-0.3, -0.25) is 4.79 Å². The molecular formula is C25H29NO7. The van der Waals surface area contributed by atoms with Crippen LogP contribution in [-0.2, 0) is 14.3 Å². The minimum absolute atomic E-state index is 0.450. The first kappa shape index (κ1) is 24.0. The van der Waals surface area contributed by atoms with Crippen molar-refractivity contribution in [2.75, 3.05) is 31.7 Å². The van der Waals surface area contributed by atoms with Gasteiger partial charge in [0.15, 0.2) is 29.1 Å². The minimum atomic E-state index is -0.987. The van der Waals surface area contributed by atoms with Crippen molar-refractivity contribution in [2.45, 2.75) is 33.3 Å². The Labute approximate surface area is 193 Å². The fourth-order valence-corrected chi connectivity index (χ4v) is 3.02. The molecule has 1 heterocycles. The first-order valence-corrected chi connectivity index (χ1v) is 11.0. The van der Waals surface area contributed by atoms with Gasteiger partial charge in [0.25, 0.3) is 5.91 Å². The van der Waals surface area contributed by atoms with E-state index in [1.165, 1.54) is 13.0 Å². The van der Waals surface area contributed by atoms with Gasteiger partial charge in [-0.15, -0.1) is 0 Å². The Morgan fingerprint density at radius 3 is 2.58 bits per heavy atom. The molecule has 1 unspecified atom stereocenters. The van der Waals surface area contributed by atoms with Crippen molar-refractivity contribution < 1.29 is 33.3 Å². The highest BCUT2D eigenvalue weighted by atomic mass is 16.6. The number of hydrogen-bond acceptors (Lipinski definition) is 7. The van der Waals surface area contributed by atoms with Gasteiger partial charge in [0.05, 0.1) is 13.2 Å². The number of benzene rings is 2.